The number of ether oxygens (including phenoxy) is 2. The zero-order chi connectivity index (χ0) is 13.3. The summed E-state index contributed by atoms with van der Waals surface area (Å²) in [6.45, 7) is 1.77. The van der Waals surface area contributed by atoms with E-state index in [2.05, 4.69) is 5.32 Å². The second-order valence-corrected chi connectivity index (χ2v) is 4.77. The number of carbonyl (C=O) groups excluding carboxylic acids is 1. The van der Waals surface area contributed by atoms with Crippen LogP contribution in [-0.4, -0.2) is 25.3 Å². The normalized spacial score (nSPS) is 18.8. The summed E-state index contributed by atoms with van der Waals surface area (Å²) in [7, 11) is 0. The minimum absolute atomic E-state index is 0.295. The Labute approximate surface area is 114 Å². The lowest BCUT2D eigenvalue weighted by molar-refractivity contribution is 0.0115. The van der Waals surface area contributed by atoms with Crippen LogP contribution in [0.1, 0.15) is 31.2 Å². The Morgan fingerprint density at radius 1 is 1.32 bits per heavy atom. The van der Waals surface area contributed by atoms with Gasteiger partial charge in [-0.1, -0.05) is 30.3 Å². The largest absolute Gasteiger partial charge is 0.445 e. The lowest BCUT2D eigenvalue weighted by Crippen LogP contribution is -2.29. The van der Waals surface area contributed by atoms with E-state index < -0.39 is 0 Å². The van der Waals surface area contributed by atoms with Gasteiger partial charge in [-0.2, -0.15) is 0 Å². The Morgan fingerprint density at radius 3 is 2.89 bits per heavy atom. The maximum absolute atomic E-state index is 11.5. The van der Waals surface area contributed by atoms with Crippen molar-refractivity contribution in [2.75, 3.05) is 13.2 Å². The molecule has 19 heavy (non-hydrogen) atoms. The van der Waals surface area contributed by atoms with E-state index in [1.807, 2.05) is 30.3 Å². The van der Waals surface area contributed by atoms with Crippen LogP contribution in [0.15, 0.2) is 30.3 Å². The molecule has 1 heterocycles. The second-order valence-electron chi connectivity index (χ2n) is 4.77. The van der Waals surface area contributed by atoms with E-state index in [0.29, 0.717) is 19.3 Å². The number of benzene rings is 1. The molecule has 0 saturated carbocycles. The van der Waals surface area contributed by atoms with Gasteiger partial charge in [0.25, 0.3) is 0 Å². The molecule has 1 aromatic carbocycles. The van der Waals surface area contributed by atoms with Crippen molar-refractivity contribution in [1.29, 1.82) is 0 Å². The Balaban J connectivity index is 1.57. The highest BCUT2D eigenvalue weighted by atomic mass is 16.5. The van der Waals surface area contributed by atoms with Crippen molar-refractivity contribution in [2.45, 2.75) is 38.4 Å². The van der Waals surface area contributed by atoms with Crippen LogP contribution in [0.4, 0.5) is 4.79 Å². The van der Waals surface area contributed by atoms with E-state index in [1.54, 1.807) is 0 Å². The fourth-order valence-electron chi connectivity index (χ4n) is 2.14. The molecule has 0 aliphatic carbocycles. The molecule has 0 bridgehead atoms. The molecule has 104 valence electrons. The summed E-state index contributed by atoms with van der Waals surface area (Å²) < 4.78 is 10.7. The number of alkyl carbamates (subject to hydrolysis) is 1. The fraction of sp³-hybridized carbons (Fsp3) is 0.533. The van der Waals surface area contributed by atoms with Gasteiger partial charge >= 0.3 is 6.09 Å². The average Bonchev–Trinajstić information content (AvgIpc) is 2.47. The monoisotopic (exact) mass is 263 g/mol. The molecule has 1 atom stereocenters. The van der Waals surface area contributed by atoms with Gasteiger partial charge in [-0.05, 0) is 31.2 Å². The van der Waals surface area contributed by atoms with E-state index in [1.165, 1.54) is 6.42 Å². The van der Waals surface area contributed by atoms with Crippen LogP contribution >= 0.6 is 0 Å². The summed E-state index contributed by atoms with van der Waals surface area (Å²) in [5, 5.41) is 2.76. The molecule has 1 amide bonds. The number of nitrogens with one attached hydrogen (secondary N) is 1. The molecule has 0 aromatic heterocycles. The van der Waals surface area contributed by atoms with E-state index in [-0.39, 0.29) is 6.09 Å². The van der Waals surface area contributed by atoms with E-state index in [4.69, 9.17) is 9.47 Å². The second kappa shape index (κ2) is 7.79. The van der Waals surface area contributed by atoms with Crippen LogP contribution in [0, 0.1) is 0 Å². The van der Waals surface area contributed by atoms with Gasteiger partial charge in [0.05, 0.1) is 6.10 Å². The number of amides is 1. The third-order valence-electron chi connectivity index (χ3n) is 3.22. The Hall–Kier alpha value is -1.55. The summed E-state index contributed by atoms with van der Waals surface area (Å²) in [6.07, 6.45) is 4.27. The van der Waals surface area contributed by atoms with Gasteiger partial charge in [-0.25, -0.2) is 4.79 Å². The highest BCUT2D eigenvalue weighted by Gasteiger charge is 2.13. The van der Waals surface area contributed by atoms with Crippen LogP contribution in [0.3, 0.4) is 0 Å². The van der Waals surface area contributed by atoms with Crippen molar-refractivity contribution in [2.24, 2.45) is 0 Å². The zero-order valence-electron chi connectivity index (χ0n) is 11.1. The summed E-state index contributed by atoms with van der Waals surface area (Å²) in [5.74, 6) is 0. The maximum Gasteiger partial charge on any atom is 0.407 e. The molecular weight excluding hydrogens is 242 g/mol. The molecule has 4 heteroatoms. The molecule has 2 rings (SSSR count). The predicted octanol–water partition coefficient (Wildman–Crippen LogP) is 2.87. The highest BCUT2D eigenvalue weighted by Crippen LogP contribution is 2.14. The van der Waals surface area contributed by atoms with Crippen LogP contribution in [0.5, 0.6) is 0 Å². The molecule has 1 aliphatic rings. The fourth-order valence-corrected chi connectivity index (χ4v) is 2.14. The molecular formula is C15H21NO3. The molecule has 1 N–H and O–H groups in total. The Kier molecular flexibility index (Phi) is 5.69. The van der Waals surface area contributed by atoms with Crippen molar-refractivity contribution in [3.05, 3.63) is 35.9 Å². The maximum atomic E-state index is 11.5. The SMILES string of the molecule is O=C(NCC[C@@H]1CCCCO1)OCc1ccccc1. The highest BCUT2D eigenvalue weighted by molar-refractivity contribution is 5.67. The summed E-state index contributed by atoms with van der Waals surface area (Å²) >= 11 is 0. The van der Waals surface area contributed by atoms with Gasteiger partial charge in [-0.15, -0.1) is 0 Å². The van der Waals surface area contributed by atoms with Gasteiger partial charge < -0.3 is 14.8 Å². The van der Waals surface area contributed by atoms with Gasteiger partial charge in [0.1, 0.15) is 6.61 Å². The first kappa shape index (κ1) is 13.9. The molecule has 4 nitrogen and oxygen atoms in total. The van der Waals surface area contributed by atoms with E-state index in [9.17, 15) is 4.79 Å². The average molecular weight is 263 g/mol. The zero-order valence-corrected chi connectivity index (χ0v) is 11.1. The molecule has 1 aliphatic heterocycles. The smallest absolute Gasteiger partial charge is 0.407 e. The van der Waals surface area contributed by atoms with Crippen molar-refractivity contribution < 1.29 is 14.3 Å². The van der Waals surface area contributed by atoms with Crippen LogP contribution in [0.25, 0.3) is 0 Å². The molecule has 0 radical (unpaired) electrons. The van der Waals surface area contributed by atoms with Gasteiger partial charge in [-0.3, -0.25) is 0 Å². The molecule has 1 aromatic rings. The summed E-state index contributed by atoms with van der Waals surface area (Å²) in [4.78, 5) is 11.5. The van der Waals surface area contributed by atoms with Crippen LogP contribution in [0.2, 0.25) is 0 Å². The molecule has 1 saturated heterocycles. The van der Waals surface area contributed by atoms with Crippen LogP contribution in [-0.2, 0) is 16.1 Å². The van der Waals surface area contributed by atoms with Crippen LogP contribution < -0.4 is 5.32 Å². The molecule has 1 fully saturated rings. The van der Waals surface area contributed by atoms with Crippen molar-refractivity contribution in [3.8, 4) is 0 Å². The number of hydrogen-bond acceptors (Lipinski definition) is 3. The van der Waals surface area contributed by atoms with Gasteiger partial charge in [0.2, 0.25) is 0 Å². The van der Waals surface area contributed by atoms with Crippen molar-refractivity contribution in [3.63, 3.8) is 0 Å². The first-order chi connectivity index (χ1) is 9.34. The van der Waals surface area contributed by atoms with Crippen molar-refractivity contribution >= 4 is 6.09 Å². The predicted molar refractivity (Wildman–Crippen MR) is 72.8 cm³/mol. The Bertz CT molecular complexity index is 374. The lowest BCUT2D eigenvalue weighted by atomic mass is 10.1. The number of carbonyl (C=O) groups is 1. The molecule has 0 spiro atoms. The third-order valence-corrected chi connectivity index (χ3v) is 3.22. The molecule has 0 unspecified atom stereocenters. The first-order valence-corrected chi connectivity index (χ1v) is 6.91. The summed E-state index contributed by atoms with van der Waals surface area (Å²) in [5.41, 5.74) is 0.994. The lowest BCUT2D eigenvalue weighted by Gasteiger charge is -2.22. The summed E-state index contributed by atoms with van der Waals surface area (Å²) in [6, 6.07) is 9.66. The minimum atomic E-state index is -0.361. The number of rotatable bonds is 5. The first-order valence-electron chi connectivity index (χ1n) is 6.91. The van der Waals surface area contributed by atoms with Gasteiger partial charge in [0, 0.05) is 13.2 Å². The third kappa shape index (κ3) is 5.30. The Morgan fingerprint density at radius 2 is 2.16 bits per heavy atom. The van der Waals surface area contributed by atoms with E-state index >= 15 is 0 Å². The van der Waals surface area contributed by atoms with Gasteiger partial charge in [0.15, 0.2) is 0 Å². The number of hydrogen-bond donors (Lipinski definition) is 1. The van der Waals surface area contributed by atoms with E-state index in [0.717, 1.165) is 31.4 Å². The topological polar surface area (TPSA) is 47.6 Å². The quantitative estimate of drug-likeness (QED) is 0.888. The van der Waals surface area contributed by atoms with Crippen molar-refractivity contribution in [1.82, 2.24) is 5.32 Å². The standard InChI is InChI=1S/C15H21NO3/c17-15(19-12-13-6-2-1-3-7-13)16-10-9-14-8-4-5-11-18-14/h1-3,6-7,14H,4-5,8-12H2,(H,16,17)/t14-/m0/s1. The minimum Gasteiger partial charge on any atom is -0.445 e.